The molecule has 0 nitrogen and oxygen atoms in total. The molecular formula is C14H28. The Morgan fingerprint density at radius 3 is 2.14 bits per heavy atom. The second-order valence-corrected chi connectivity index (χ2v) is 4.87. The highest BCUT2D eigenvalue weighted by Gasteiger charge is 2.15. The molecule has 0 aromatic carbocycles. The van der Waals surface area contributed by atoms with Crippen molar-refractivity contribution in [2.45, 2.75) is 60.8 Å². The third-order valence-electron chi connectivity index (χ3n) is 3.56. The molecule has 3 unspecified atom stereocenters. The van der Waals surface area contributed by atoms with Crippen molar-refractivity contribution in [1.82, 2.24) is 0 Å². The van der Waals surface area contributed by atoms with Crippen LogP contribution in [0.4, 0.5) is 0 Å². The van der Waals surface area contributed by atoms with Gasteiger partial charge in [0.15, 0.2) is 0 Å². The quantitative estimate of drug-likeness (QED) is 0.521. The van der Waals surface area contributed by atoms with Crippen molar-refractivity contribution < 1.29 is 0 Å². The van der Waals surface area contributed by atoms with Crippen LogP contribution < -0.4 is 0 Å². The molecule has 0 aromatic rings. The number of allylic oxidation sites excluding steroid dienone is 2. The van der Waals surface area contributed by atoms with Gasteiger partial charge in [-0.3, -0.25) is 0 Å². The van der Waals surface area contributed by atoms with Crippen LogP contribution in [0.5, 0.6) is 0 Å². The minimum absolute atomic E-state index is 0.733. The lowest BCUT2D eigenvalue weighted by Crippen LogP contribution is -2.14. The first-order valence-corrected chi connectivity index (χ1v) is 6.20. The molecule has 0 saturated carbocycles. The smallest absolute Gasteiger partial charge is 0.0231 e. The lowest BCUT2D eigenvalue weighted by atomic mass is 9.82. The van der Waals surface area contributed by atoms with Crippen LogP contribution in [-0.2, 0) is 0 Å². The molecule has 0 radical (unpaired) electrons. The first-order chi connectivity index (χ1) is 6.52. The molecule has 0 rings (SSSR count). The van der Waals surface area contributed by atoms with E-state index in [1.54, 1.807) is 5.57 Å². The van der Waals surface area contributed by atoms with Crippen molar-refractivity contribution in [3.8, 4) is 0 Å². The number of hydrogen-bond donors (Lipinski definition) is 0. The Kier molecular flexibility index (Phi) is 6.96. The van der Waals surface area contributed by atoms with Crippen molar-refractivity contribution in [3.05, 3.63) is 11.6 Å². The van der Waals surface area contributed by atoms with Crippen molar-refractivity contribution in [2.75, 3.05) is 0 Å². The molecule has 0 aliphatic heterocycles. The zero-order valence-corrected chi connectivity index (χ0v) is 10.9. The van der Waals surface area contributed by atoms with Gasteiger partial charge in [0, 0.05) is 0 Å². The van der Waals surface area contributed by atoms with Crippen LogP contribution in [0.25, 0.3) is 0 Å². The van der Waals surface area contributed by atoms with Gasteiger partial charge >= 0.3 is 0 Å². The van der Waals surface area contributed by atoms with E-state index in [0.29, 0.717) is 0 Å². The van der Waals surface area contributed by atoms with Crippen molar-refractivity contribution >= 4 is 0 Å². The summed E-state index contributed by atoms with van der Waals surface area (Å²) < 4.78 is 0. The van der Waals surface area contributed by atoms with Gasteiger partial charge in [-0.25, -0.2) is 0 Å². The van der Waals surface area contributed by atoms with Crippen LogP contribution in [0.1, 0.15) is 60.8 Å². The number of hydrogen-bond acceptors (Lipinski definition) is 0. The van der Waals surface area contributed by atoms with Gasteiger partial charge in [-0.05, 0) is 31.1 Å². The molecule has 0 bridgehead atoms. The third-order valence-corrected chi connectivity index (χ3v) is 3.56. The van der Waals surface area contributed by atoms with E-state index >= 15 is 0 Å². The average molecular weight is 196 g/mol. The summed E-state index contributed by atoms with van der Waals surface area (Å²) in [6, 6.07) is 0. The van der Waals surface area contributed by atoms with E-state index in [9.17, 15) is 0 Å². The van der Waals surface area contributed by atoms with Crippen LogP contribution in [-0.4, -0.2) is 0 Å². The van der Waals surface area contributed by atoms with E-state index in [1.807, 2.05) is 0 Å². The van der Waals surface area contributed by atoms with Crippen LogP contribution >= 0.6 is 0 Å². The van der Waals surface area contributed by atoms with Crippen molar-refractivity contribution in [2.24, 2.45) is 17.8 Å². The van der Waals surface area contributed by atoms with Gasteiger partial charge in [0.05, 0.1) is 0 Å². The Morgan fingerprint density at radius 2 is 1.71 bits per heavy atom. The van der Waals surface area contributed by atoms with Crippen LogP contribution in [0.2, 0.25) is 0 Å². The molecule has 0 spiro atoms. The zero-order valence-electron chi connectivity index (χ0n) is 10.9. The van der Waals surface area contributed by atoms with Gasteiger partial charge in [-0.15, -0.1) is 0 Å². The molecule has 0 aliphatic carbocycles. The predicted octanol–water partition coefficient (Wildman–Crippen LogP) is 5.05. The summed E-state index contributed by atoms with van der Waals surface area (Å²) in [6.45, 7) is 13.9. The molecule has 0 aliphatic rings. The van der Waals surface area contributed by atoms with E-state index in [2.05, 4.69) is 47.6 Å². The van der Waals surface area contributed by atoms with Crippen LogP contribution in [0.3, 0.4) is 0 Å². The summed E-state index contributed by atoms with van der Waals surface area (Å²) in [5.74, 6) is 2.39. The lowest BCUT2D eigenvalue weighted by Gasteiger charge is -2.23. The maximum Gasteiger partial charge on any atom is -0.0231 e. The molecule has 14 heavy (non-hydrogen) atoms. The molecule has 0 heteroatoms. The van der Waals surface area contributed by atoms with Gasteiger partial charge in [-0.2, -0.15) is 0 Å². The highest BCUT2D eigenvalue weighted by atomic mass is 14.2. The van der Waals surface area contributed by atoms with Crippen LogP contribution in [0, 0.1) is 17.8 Å². The minimum atomic E-state index is 0.733. The van der Waals surface area contributed by atoms with E-state index < -0.39 is 0 Å². The minimum Gasteiger partial charge on any atom is -0.0825 e. The van der Waals surface area contributed by atoms with E-state index in [-0.39, 0.29) is 0 Å². The topological polar surface area (TPSA) is 0 Å². The normalized spacial score (nSPS) is 19.1. The summed E-state index contributed by atoms with van der Waals surface area (Å²) in [6.07, 6.45) is 6.30. The van der Waals surface area contributed by atoms with E-state index in [1.165, 1.54) is 19.3 Å². The van der Waals surface area contributed by atoms with E-state index in [4.69, 9.17) is 0 Å². The highest BCUT2D eigenvalue weighted by molar-refractivity contribution is 5.01. The Morgan fingerprint density at radius 1 is 1.14 bits per heavy atom. The molecule has 0 aromatic heterocycles. The Labute approximate surface area is 90.8 Å². The second kappa shape index (κ2) is 7.09. The molecule has 3 atom stereocenters. The van der Waals surface area contributed by atoms with Gasteiger partial charge < -0.3 is 0 Å². The maximum atomic E-state index is 2.47. The Hall–Kier alpha value is -0.260. The largest absolute Gasteiger partial charge is 0.0825 e. The van der Waals surface area contributed by atoms with Gasteiger partial charge in [-0.1, -0.05) is 59.1 Å². The summed E-state index contributed by atoms with van der Waals surface area (Å²) in [4.78, 5) is 0. The molecule has 84 valence electrons. The fraction of sp³-hybridized carbons (Fsp3) is 0.857. The third kappa shape index (κ3) is 4.83. The lowest BCUT2D eigenvalue weighted by molar-refractivity contribution is 0.311. The highest BCUT2D eigenvalue weighted by Crippen LogP contribution is 2.25. The number of rotatable bonds is 6. The molecule has 0 saturated heterocycles. The first kappa shape index (κ1) is 13.7. The summed E-state index contributed by atoms with van der Waals surface area (Å²) in [7, 11) is 0. The monoisotopic (exact) mass is 196 g/mol. The molecule has 0 heterocycles. The second-order valence-electron chi connectivity index (χ2n) is 4.87. The predicted molar refractivity (Wildman–Crippen MR) is 66.4 cm³/mol. The summed E-state index contributed by atoms with van der Waals surface area (Å²) in [5.41, 5.74) is 1.56. The van der Waals surface area contributed by atoms with Gasteiger partial charge in [0.25, 0.3) is 0 Å². The van der Waals surface area contributed by atoms with E-state index in [0.717, 1.165) is 17.8 Å². The Bertz CT molecular complexity index is 167. The molecular weight excluding hydrogens is 168 g/mol. The van der Waals surface area contributed by atoms with Crippen LogP contribution in [0.15, 0.2) is 11.6 Å². The fourth-order valence-corrected chi connectivity index (χ4v) is 1.97. The molecule has 0 amide bonds. The summed E-state index contributed by atoms with van der Waals surface area (Å²) >= 11 is 0. The molecule has 0 fully saturated rings. The van der Waals surface area contributed by atoms with Crippen molar-refractivity contribution in [1.29, 1.82) is 0 Å². The van der Waals surface area contributed by atoms with Gasteiger partial charge in [0.1, 0.15) is 0 Å². The fourth-order valence-electron chi connectivity index (χ4n) is 1.97. The van der Waals surface area contributed by atoms with Crippen molar-refractivity contribution in [3.63, 3.8) is 0 Å². The average Bonchev–Trinajstić information content (AvgIpc) is 2.15. The molecule has 0 N–H and O–H groups in total. The van der Waals surface area contributed by atoms with Gasteiger partial charge in [0.2, 0.25) is 0 Å². The SMILES string of the molecule is CCCC(C)=CC(C)C(C)C(C)CC. The Balaban J connectivity index is 4.17. The summed E-state index contributed by atoms with van der Waals surface area (Å²) in [5, 5.41) is 0. The standard InChI is InChI=1S/C14H28/c1-7-9-11(3)10-13(5)14(6)12(4)8-2/h10,12-14H,7-9H2,1-6H3. The first-order valence-electron chi connectivity index (χ1n) is 6.20. The zero-order chi connectivity index (χ0) is 11.1. The maximum absolute atomic E-state index is 2.47.